The van der Waals surface area contributed by atoms with Crippen LogP contribution in [0.25, 0.3) is 0 Å². The zero-order valence-corrected chi connectivity index (χ0v) is 12.2. The van der Waals surface area contributed by atoms with E-state index in [1.54, 1.807) is 12.1 Å². The molecule has 1 aliphatic carbocycles. The van der Waals surface area contributed by atoms with Crippen LogP contribution in [-0.4, -0.2) is 17.8 Å². The molecule has 1 fully saturated rings. The number of carbonyl (C=O) groups excluding carboxylic acids is 1. The SMILES string of the molecule is CC(=NNC(=O)NC1CCCCC1)c1ccc(C#N)cc1. The number of nitriles is 1. The normalized spacial score (nSPS) is 16.1. The summed E-state index contributed by atoms with van der Waals surface area (Å²) in [5.74, 6) is 0. The Morgan fingerprint density at radius 1 is 1.24 bits per heavy atom. The molecule has 2 N–H and O–H groups in total. The van der Waals surface area contributed by atoms with E-state index in [4.69, 9.17) is 5.26 Å². The van der Waals surface area contributed by atoms with Crippen molar-refractivity contribution in [3.05, 3.63) is 35.4 Å². The summed E-state index contributed by atoms with van der Waals surface area (Å²) < 4.78 is 0. The van der Waals surface area contributed by atoms with Gasteiger partial charge in [-0.25, -0.2) is 10.2 Å². The van der Waals surface area contributed by atoms with Crippen LogP contribution in [0.15, 0.2) is 29.4 Å². The van der Waals surface area contributed by atoms with Crippen molar-refractivity contribution in [2.75, 3.05) is 0 Å². The minimum atomic E-state index is -0.255. The van der Waals surface area contributed by atoms with Crippen molar-refractivity contribution in [1.29, 1.82) is 5.26 Å². The van der Waals surface area contributed by atoms with Gasteiger partial charge in [-0.15, -0.1) is 0 Å². The Kier molecular flexibility index (Phi) is 5.33. The lowest BCUT2D eigenvalue weighted by Crippen LogP contribution is -2.41. The molecule has 2 rings (SSSR count). The fraction of sp³-hybridized carbons (Fsp3) is 0.438. The van der Waals surface area contributed by atoms with Crippen molar-refractivity contribution in [3.8, 4) is 6.07 Å². The Morgan fingerprint density at radius 2 is 1.90 bits per heavy atom. The molecule has 5 nitrogen and oxygen atoms in total. The van der Waals surface area contributed by atoms with E-state index in [-0.39, 0.29) is 12.1 Å². The molecule has 1 aromatic rings. The first-order valence-corrected chi connectivity index (χ1v) is 7.30. The first-order chi connectivity index (χ1) is 10.2. The van der Waals surface area contributed by atoms with Gasteiger partial charge >= 0.3 is 6.03 Å². The first kappa shape index (κ1) is 15.0. The predicted molar refractivity (Wildman–Crippen MR) is 81.9 cm³/mol. The molecule has 21 heavy (non-hydrogen) atoms. The maximum atomic E-state index is 11.8. The van der Waals surface area contributed by atoms with Crippen molar-refractivity contribution in [1.82, 2.24) is 10.7 Å². The monoisotopic (exact) mass is 284 g/mol. The summed E-state index contributed by atoms with van der Waals surface area (Å²) >= 11 is 0. The van der Waals surface area contributed by atoms with Gasteiger partial charge in [-0.05, 0) is 37.5 Å². The van der Waals surface area contributed by atoms with E-state index in [1.165, 1.54) is 19.3 Å². The van der Waals surface area contributed by atoms with Gasteiger partial charge in [0.05, 0.1) is 17.3 Å². The molecule has 0 bridgehead atoms. The van der Waals surface area contributed by atoms with E-state index in [0.29, 0.717) is 11.3 Å². The molecule has 1 aromatic carbocycles. The van der Waals surface area contributed by atoms with Crippen LogP contribution in [0.3, 0.4) is 0 Å². The molecule has 0 aromatic heterocycles. The molecule has 0 spiro atoms. The van der Waals surface area contributed by atoms with E-state index in [9.17, 15) is 4.79 Å². The number of nitrogens with one attached hydrogen (secondary N) is 2. The summed E-state index contributed by atoms with van der Waals surface area (Å²) in [7, 11) is 0. The van der Waals surface area contributed by atoms with Crippen LogP contribution in [0, 0.1) is 11.3 Å². The van der Waals surface area contributed by atoms with Crippen molar-refractivity contribution in [2.45, 2.75) is 45.1 Å². The lowest BCUT2D eigenvalue weighted by atomic mass is 9.96. The second-order valence-corrected chi connectivity index (χ2v) is 5.31. The number of amides is 2. The zero-order chi connectivity index (χ0) is 15.1. The number of benzene rings is 1. The summed E-state index contributed by atoms with van der Waals surface area (Å²) in [6.45, 7) is 1.82. The highest BCUT2D eigenvalue weighted by Crippen LogP contribution is 2.17. The molecular weight excluding hydrogens is 264 g/mol. The zero-order valence-electron chi connectivity index (χ0n) is 12.2. The van der Waals surface area contributed by atoms with E-state index in [1.807, 2.05) is 19.1 Å². The second-order valence-electron chi connectivity index (χ2n) is 5.31. The van der Waals surface area contributed by atoms with E-state index in [2.05, 4.69) is 21.9 Å². The summed E-state index contributed by atoms with van der Waals surface area (Å²) in [6, 6.07) is 9.18. The van der Waals surface area contributed by atoms with Gasteiger partial charge in [-0.3, -0.25) is 0 Å². The molecule has 0 heterocycles. The summed E-state index contributed by atoms with van der Waals surface area (Å²) in [4.78, 5) is 11.8. The summed E-state index contributed by atoms with van der Waals surface area (Å²) in [5, 5.41) is 15.8. The van der Waals surface area contributed by atoms with Gasteiger partial charge in [-0.2, -0.15) is 10.4 Å². The highest BCUT2D eigenvalue weighted by molar-refractivity contribution is 5.99. The molecule has 0 radical (unpaired) electrons. The van der Waals surface area contributed by atoms with Crippen LogP contribution in [-0.2, 0) is 0 Å². The minimum absolute atomic E-state index is 0.255. The van der Waals surface area contributed by atoms with Crippen LogP contribution in [0.5, 0.6) is 0 Å². The number of hydrogen-bond acceptors (Lipinski definition) is 3. The third-order valence-corrected chi connectivity index (χ3v) is 3.70. The highest BCUT2D eigenvalue weighted by atomic mass is 16.2. The lowest BCUT2D eigenvalue weighted by molar-refractivity contribution is 0.233. The first-order valence-electron chi connectivity index (χ1n) is 7.30. The molecule has 0 aliphatic heterocycles. The summed E-state index contributed by atoms with van der Waals surface area (Å²) in [5.41, 5.74) is 4.72. The number of hydrogen-bond donors (Lipinski definition) is 2. The van der Waals surface area contributed by atoms with Crippen molar-refractivity contribution in [2.24, 2.45) is 5.10 Å². The number of nitrogens with zero attached hydrogens (tertiary/aromatic N) is 2. The Bertz CT molecular complexity index is 551. The van der Waals surface area contributed by atoms with Crippen molar-refractivity contribution < 1.29 is 4.79 Å². The lowest BCUT2D eigenvalue weighted by Gasteiger charge is -2.22. The van der Waals surface area contributed by atoms with Crippen molar-refractivity contribution >= 4 is 11.7 Å². The number of hydrazone groups is 1. The number of rotatable bonds is 3. The smallest absolute Gasteiger partial charge is 0.334 e. The standard InChI is InChI=1S/C16H20N4O/c1-12(14-9-7-13(11-17)8-10-14)19-20-16(21)18-15-5-3-2-4-6-15/h7-10,15H,2-6H2,1H3,(H2,18,20,21). The van der Waals surface area contributed by atoms with E-state index < -0.39 is 0 Å². The van der Waals surface area contributed by atoms with Crippen LogP contribution in [0.1, 0.15) is 50.2 Å². The van der Waals surface area contributed by atoms with Crippen LogP contribution < -0.4 is 10.7 Å². The van der Waals surface area contributed by atoms with Gasteiger partial charge in [0.25, 0.3) is 0 Å². The third kappa shape index (κ3) is 4.60. The molecule has 110 valence electrons. The molecule has 5 heteroatoms. The minimum Gasteiger partial charge on any atom is -0.334 e. The molecule has 0 atom stereocenters. The maximum absolute atomic E-state index is 11.8. The average Bonchev–Trinajstić information content (AvgIpc) is 2.53. The molecular formula is C16H20N4O. The number of urea groups is 1. The summed E-state index contributed by atoms with van der Waals surface area (Å²) in [6.07, 6.45) is 5.71. The third-order valence-electron chi connectivity index (χ3n) is 3.70. The molecule has 0 saturated heterocycles. The van der Waals surface area contributed by atoms with Gasteiger partial charge in [0.2, 0.25) is 0 Å². The van der Waals surface area contributed by atoms with Crippen LogP contribution in [0.4, 0.5) is 4.79 Å². The fourth-order valence-electron chi connectivity index (χ4n) is 2.45. The highest BCUT2D eigenvalue weighted by Gasteiger charge is 2.15. The van der Waals surface area contributed by atoms with Crippen LogP contribution >= 0.6 is 0 Å². The van der Waals surface area contributed by atoms with E-state index in [0.717, 1.165) is 18.4 Å². The quantitative estimate of drug-likeness (QED) is 0.661. The Hall–Kier alpha value is -2.35. The van der Waals surface area contributed by atoms with Gasteiger partial charge < -0.3 is 5.32 Å². The van der Waals surface area contributed by atoms with E-state index >= 15 is 0 Å². The Labute approximate surface area is 125 Å². The van der Waals surface area contributed by atoms with Crippen molar-refractivity contribution in [3.63, 3.8) is 0 Å². The Morgan fingerprint density at radius 3 is 2.52 bits per heavy atom. The second kappa shape index (κ2) is 7.44. The molecule has 0 unspecified atom stereocenters. The van der Waals surface area contributed by atoms with Gasteiger partial charge in [-0.1, -0.05) is 31.4 Å². The molecule has 2 amide bonds. The fourth-order valence-corrected chi connectivity index (χ4v) is 2.45. The number of carbonyl (C=O) groups is 1. The predicted octanol–water partition coefficient (Wildman–Crippen LogP) is 2.91. The Balaban J connectivity index is 1.86. The largest absolute Gasteiger partial charge is 0.335 e. The van der Waals surface area contributed by atoms with Gasteiger partial charge in [0.15, 0.2) is 0 Å². The maximum Gasteiger partial charge on any atom is 0.335 e. The molecule has 1 saturated carbocycles. The van der Waals surface area contributed by atoms with Gasteiger partial charge in [0, 0.05) is 6.04 Å². The van der Waals surface area contributed by atoms with Crippen LogP contribution in [0.2, 0.25) is 0 Å². The average molecular weight is 284 g/mol. The van der Waals surface area contributed by atoms with Gasteiger partial charge in [0.1, 0.15) is 0 Å². The topological polar surface area (TPSA) is 77.3 Å². The molecule has 1 aliphatic rings.